The van der Waals surface area contributed by atoms with Gasteiger partial charge < -0.3 is 5.32 Å². The second-order valence-corrected chi connectivity index (χ2v) is 9.89. The minimum atomic E-state index is -3.61. The number of H-pyrrole nitrogens is 1. The Morgan fingerprint density at radius 3 is 2.96 bits per heavy atom. The van der Waals surface area contributed by atoms with Crippen LogP contribution in [-0.2, 0) is 14.8 Å². The van der Waals surface area contributed by atoms with Crippen LogP contribution in [0, 0.1) is 19.8 Å². The molecule has 0 unspecified atom stereocenters. The minimum Gasteiger partial charge on any atom is -0.355 e. The largest absolute Gasteiger partial charge is 0.355 e. The summed E-state index contributed by atoms with van der Waals surface area (Å²) in [5, 5.41) is 10.1. The summed E-state index contributed by atoms with van der Waals surface area (Å²) in [6, 6.07) is 5.43. The molecule has 2 heterocycles. The van der Waals surface area contributed by atoms with E-state index in [2.05, 4.69) is 20.5 Å². The van der Waals surface area contributed by atoms with Gasteiger partial charge in [-0.15, -0.1) is 0 Å². The van der Waals surface area contributed by atoms with Crippen molar-refractivity contribution in [3.63, 3.8) is 0 Å². The van der Waals surface area contributed by atoms with Crippen LogP contribution < -0.4 is 5.32 Å². The van der Waals surface area contributed by atoms with Gasteiger partial charge in [0, 0.05) is 25.4 Å². The fourth-order valence-electron chi connectivity index (χ4n) is 3.23. The van der Waals surface area contributed by atoms with Crippen molar-refractivity contribution in [3.05, 3.63) is 35.7 Å². The van der Waals surface area contributed by atoms with Gasteiger partial charge in [0.15, 0.2) is 5.16 Å². The first kappa shape index (κ1) is 20.8. The first-order valence-electron chi connectivity index (χ1n) is 9.21. The number of aryl methyl sites for hydroxylation is 2. The first-order valence-corrected chi connectivity index (χ1v) is 11.6. The van der Waals surface area contributed by atoms with Crippen LogP contribution in [0.15, 0.2) is 34.6 Å². The van der Waals surface area contributed by atoms with E-state index in [1.807, 2.05) is 19.1 Å². The van der Waals surface area contributed by atoms with Gasteiger partial charge in [0.2, 0.25) is 15.9 Å². The van der Waals surface area contributed by atoms with Crippen LogP contribution >= 0.6 is 11.8 Å². The zero-order valence-electron chi connectivity index (χ0n) is 16.0. The maximum Gasteiger partial charge on any atom is 0.243 e. The van der Waals surface area contributed by atoms with Gasteiger partial charge in [0.1, 0.15) is 6.33 Å². The van der Waals surface area contributed by atoms with E-state index in [0.717, 1.165) is 11.1 Å². The molecule has 152 valence electrons. The summed E-state index contributed by atoms with van der Waals surface area (Å²) in [6.45, 7) is 4.83. The van der Waals surface area contributed by atoms with E-state index in [1.54, 1.807) is 13.0 Å². The van der Waals surface area contributed by atoms with E-state index in [9.17, 15) is 13.2 Å². The molecule has 0 bridgehead atoms. The zero-order valence-corrected chi connectivity index (χ0v) is 17.6. The van der Waals surface area contributed by atoms with Crippen LogP contribution in [0.4, 0.5) is 0 Å². The van der Waals surface area contributed by atoms with Crippen molar-refractivity contribution in [2.75, 3.05) is 25.4 Å². The van der Waals surface area contributed by atoms with E-state index in [1.165, 1.54) is 22.4 Å². The molecule has 2 N–H and O–H groups in total. The molecule has 1 aromatic carbocycles. The van der Waals surface area contributed by atoms with Gasteiger partial charge >= 0.3 is 0 Å². The number of benzene rings is 1. The summed E-state index contributed by atoms with van der Waals surface area (Å²) in [5.74, 6) is 0.237. The molecule has 1 atom stereocenters. The fourth-order valence-corrected chi connectivity index (χ4v) is 5.70. The standard InChI is InChI=1S/C18H25N5O3S2/c1-13-5-6-14(2)16(10-13)28(25,26)23-8-3-4-15(11-23)17(24)19-7-9-27-18-20-12-21-22-18/h5-6,10,12,15H,3-4,7-9,11H2,1-2H3,(H,19,24)(H,20,21,22)/t15-/m0/s1. The van der Waals surface area contributed by atoms with E-state index >= 15 is 0 Å². The van der Waals surface area contributed by atoms with Gasteiger partial charge in [0.25, 0.3) is 0 Å². The molecule has 1 aliphatic heterocycles. The second-order valence-electron chi connectivity index (χ2n) is 6.90. The summed E-state index contributed by atoms with van der Waals surface area (Å²) in [4.78, 5) is 16.9. The fraction of sp³-hybridized carbons (Fsp3) is 0.500. The Morgan fingerprint density at radius 2 is 2.21 bits per heavy atom. The molecule has 0 saturated carbocycles. The molecule has 1 aromatic heterocycles. The molecule has 1 aliphatic rings. The topological polar surface area (TPSA) is 108 Å². The van der Waals surface area contributed by atoms with E-state index < -0.39 is 10.0 Å². The van der Waals surface area contributed by atoms with Crippen molar-refractivity contribution in [3.8, 4) is 0 Å². The number of rotatable bonds is 7. The third-order valence-corrected chi connectivity index (χ3v) is 7.63. The second kappa shape index (κ2) is 9.06. The molecule has 0 radical (unpaired) electrons. The molecular formula is C18H25N5O3S2. The molecule has 2 aromatic rings. The lowest BCUT2D eigenvalue weighted by Gasteiger charge is -2.31. The van der Waals surface area contributed by atoms with Gasteiger partial charge in [-0.3, -0.25) is 9.89 Å². The maximum absolute atomic E-state index is 13.1. The van der Waals surface area contributed by atoms with Crippen LogP contribution in [0.3, 0.4) is 0 Å². The number of nitrogens with one attached hydrogen (secondary N) is 2. The Hall–Kier alpha value is -1.91. The number of amides is 1. The number of aromatic nitrogens is 3. The number of hydrogen-bond acceptors (Lipinski definition) is 6. The Kier molecular flexibility index (Phi) is 6.73. The molecule has 1 saturated heterocycles. The van der Waals surface area contributed by atoms with Crippen LogP contribution in [0.5, 0.6) is 0 Å². The normalized spacial score (nSPS) is 18.1. The Bertz CT molecular complexity index is 915. The van der Waals surface area contributed by atoms with Gasteiger partial charge in [-0.25, -0.2) is 13.4 Å². The monoisotopic (exact) mass is 423 g/mol. The number of sulfonamides is 1. The highest BCUT2D eigenvalue weighted by molar-refractivity contribution is 7.99. The predicted octanol–water partition coefficient (Wildman–Crippen LogP) is 1.73. The summed E-state index contributed by atoms with van der Waals surface area (Å²) in [5.41, 5.74) is 1.63. The summed E-state index contributed by atoms with van der Waals surface area (Å²) in [6.07, 6.45) is 2.81. The SMILES string of the molecule is Cc1ccc(C)c(S(=O)(=O)N2CCC[C@H](C(=O)NCCSc3ncn[nH]3)C2)c1. The first-order chi connectivity index (χ1) is 13.4. The van der Waals surface area contributed by atoms with Crippen LogP contribution in [0.1, 0.15) is 24.0 Å². The summed E-state index contributed by atoms with van der Waals surface area (Å²) in [7, 11) is -3.61. The highest BCUT2D eigenvalue weighted by atomic mass is 32.2. The predicted molar refractivity (Wildman–Crippen MR) is 108 cm³/mol. The smallest absolute Gasteiger partial charge is 0.243 e. The van der Waals surface area contributed by atoms with Gasteiger partial charge in [-0.1, -0.05) is 23.9 Å². The number of aromatic amines is 1. The number of piperidine rings is 1. The lowest BCUT2D eigenvalue weighted by atomic mass is 9.99. The minimum absolute atomic E-state index is 0.0981. The molecule has 28 heavy (non-hydrogen) atoms. The van der Waals surface area contributed by atoms with Crippen LogP contribution in [-0.4, -0.2) is 59.2 Å². The Balaban J connectivity index is 1.58. The van der Waals surface area contributed by atoms with Crippen LogP contribution in [0.25, 0.3) is 0 Å². The third-order valence-electron chi connectivity index (χ3n) is 4.75. The van der Waals surface area contributed by atoms with Crippen molar-refractivity contribution in [2.24, 2.45) is 5.92 Å². The molecule has 8 nitrogen and oxygen atoms in total. The third kappa shape index (κ3) is 4.92. The lowest BCUT2D eigenvalue weighted by molar-refractivity contribution is -0.125. The molecule has 0 spiro atoms. The van der Waals surface area contributed by atoms with E-state index in [0.29, 0.717) is 41.7 Å². The molecular weight excluding hydrogens is 398 g/mol. The molecule has 3 rings (SSSR count). The van der Waals surface area contributed by atoms with Crippen molar-refractivity contribution >= 4 is 27.7 Å². The Morgan fingerprint density at radius 1 is 1.39 bits per heavy atom. The lowest BCUT2D eigenvalue weighted by Crippen LogP contribution is -2.45. The number of hydrogen-bond donors (Lipinski definition) is 2. The van der Waals surface area contributed by atoms with Crippen molar-refractivity contribution in [2.45, 2.75) is 36.7 Å². The van der Waals surface area contributed by atoms with Crippen molar-refractivity contribution in [1.29, 1.82) is 0 Å². The average Bonchev–Trinajstić information content (AvgIpc) is 3.20. The maximum atomic E-state index is 13.1. The van der Waals surface area contributed by atoms with E-state index in [-0.39, 0.29) is 18.4 Å². The zero-order chi connectivity index (χ0) is 20.1. The highest BCUT2D eigenvalue weighted by Crippen LogP contribution is 2.26. The molecule has 1 fully saturated rings. The van der Waals surface area contributed by atoms with E-state index in [4.69, 9.17) is 0 Å². The Labute approximate surface area is 169 Å². The molecule has 10 heteroatoms. The molecule has 1 amide bonds. The van der Waals surface area contributed by atoms with Crippen molar-refractivity contribution in [1.82, 2.24) is 24.8 Å². The van der Waals surface area contributed by atoms with Gasteiger partial charge in [0.05, 0.1) is 10.8 Å². The van der Waals surface area contributed by atoms with Gasteiger partial charge in [-0.05, 0) is 43.9 Å². The van der Waals surface area contributed by atoms with Crippen molar-refractivity contribution < 1.29 is 13.2 Å². The summed E-state index contributed by atoms with van der Waals surface area (Å²) >= 11 is 1.47. The number of nitrogens with zero attached hydrogens (tertiary/aromatic N) is 3. The number of carbonyl (C=O) groups excluding carboxylic acids is 1. The number of thioether (sulfide) groups is 1. The highest BCUT2D eigenvalue weighted by Gasteiger charge is 2.33. The van der Waals surface area contributed by atoms with Crippen LogP contribution in [0.2, 0.25) is 0 Å². The average molecular weight is 424 g/mol. The van der Waals surface area contributed by atoms with Gasteiger partial charge in [-0.2, -0.15) is 9.40 Å². The summed E-state index contributed by atoms with van der Waals surface area (Å²) < 4.78 is 27.6. The molecule has 0 aliphatic carbocycles. The number of carbonyl (C=O) groups is 1. The quantitative estimate of drug-likeness (QED) is 0.519.